The van der Waals surface area contributed by atoms with E-state index < -0.39 is 0 Å². The molecule has 1 unspecified atom stereocenters. The molecule has 0 saturated carbocycles. The molecule has 1 aromatic heterocycles. The summed E-state index contributed by atoms with van der Waals surface area (Å²) in [6, 6.07) is 0. The first-order chi connectivity index (χ1) is 6.66. The lowest BCUT2D eigenvalue weighted by atomic mass is 10.0. The maximum Gasteiger partial charge on any atom is 0.125 e. The van der Waals surface area contributed by atoms with Crippen molar-refractivity contribution in [2.45, 2.75) is 46.5 Å². The zero-order valence-corrected chi connectivity index (χ0v) is 9.30. The standard InChI is InChI=1S/C12H18N2/c1-8-4-6-11-9(2)13-10(3)14-12(11)7-5-8/h8H,4-7H2,1-3H3. The molecule has 0 spiro atoms. The molecule has 2 rings (SSSR count). The molecule has 0 N–H and O–H groups in total. The third kappa shape index (κ3) is 1.79. The molecule has 1 atom stereocenters. The molecule has 76 valence electrons. The van der Waals surface area contributed by atoms with Crippen molar-refractivity contribution < 1.29 is 0 Å². The molecule has 0 saturated heterocycles. The van der Waals surface area contributed by atoms with E-state index in [-0.39, 0.29) is 0 Å². The fourth-order valence-corrected chi connectivity index (χ4v) is 2.26. The second kappa shape index (κ2) is 3.68. The summed E-state index contributed by atoms with van der Waals surface area (Å²) in [5, 5.41) is 0. The van der Waals surface area contributed by atoms with Gasteiger partial charge in [0.25, 0.3) is 0 Å². The van der Waals surface area contributed by atoms with Gasteiger partial charge in [0.2, 0.25) is 0 Å². The van der Waals surface area contributed by atoms with Gasteiger partial charge in [-0.3, -0.25) is 0 Å². The van der Waals surface area contributed by atoms with Gasteiger partial charge in [-0.05, 0) is 51.0 Å². The number of hydrogen-bond acceptors (Lipinski definition) is 2. The second-order valence-corrected chi connectivity index (χ2v) is 4.46. The van der Waals surface area contributed by atoms with Crippen molar-refractivity contribution in [3.8, 4) is 0 Å². The molecule has 0 aliphatic heterocycles. The Morgan fingerprint density at radius 3 is 2.57 bits per heavy atom. The minimum atomic E-state index is 0.837. The highest BCUT2D eigenvalue weighted by Crippen LogP contribution is 2.24. The molecule has 0 aromatic carbocycles. The van der Waals surface area contributed by atoms with Crippen LogP contribution in [0.5, 0.6) is 0 Å². The van der Waals surface area contributed by atoms with E-state index in [4.69, 9.17) is 0 Å². The largest absolute Gasteiger partial charge is 0.238 e. The lowest BCUT2D eigenvalue weighted by Gasteiger charge is -2.08. The van der Waals surface area contributed by atoms with E-state index in [1.54, 1.807) is 0 Å². The Labute approximate surface area is 85.8 Å². The molecule has 0 radical (unpaired) electrons. The second-order valence-electron chi connectivity index (χ2n) is 4.46. The molecule has 0 bridgehead atoms. The van der Waals surface area contributed by atoms with Crippen LogP contribution in [0.3, 0.4) is 0 Å². The summed E-state index contributed by atoms with van der Waals surface area (Å²) in [4.78, 5) is 9.00. The summed E-state index contributed by atoms with van der Waals surface area (Å²) >= 11 is 0. The highest BCUT2D eigenvalue weighted by molar-refractivity contribution is 5.26. The normalized spacial score (nSPS) is 21.5. The third-order valence-electron chi connectivity index (χ3n) is 3.17. The fraction of sp³-hybridized carbons (Fsp3) is 0.667. The van der Waals surface area contributed by atoms with E-state index in [9.17, 15) is 0 Å². The smallest absolute Gasteiger partial charge is 0.125 e. The summed E-state index contributed by atoms with van der Waals surface area (Å²) < 4.78 is 0. The van der Waals surface area contributed by atoms with Gasteiger partial charge in [0.1, 0.15) is 5.82 Å². The summed E-state index contributed by atoms with van der Waals surface area (Å²) in [5.74, 6) is 1.76. The maximum atomic E-state index is 4.56. The monoisotopic (exact) mass is 190 g/mol. The Balaban J connectivity index is 2.40. The number of fused-ring (bicyclic) bond motifs is 1. The molecule has 1 aliphatic rings. The van der Waals surface area contributed by atoms with E-state index in [0.717, 1.165) is 18.2 Å². The van der Waals surface area contributed by atoms with Gasteiger partial charge in [0.15, 0.2) is 0 Å². The van der Waals surface area contributed by atoms with Gasteiger partial charge in [0.05, 0.1) is 0 Å². The SMILES string of the molecule is Cc1nc(C)c2c(n1)CCC(C)CC2. The number of nitrogens with zero attached hydrogens (tertiary/aromatic N) is 2. The first kappa shape index (κ1) is 9.63. The quantitative estimate of drug-likeness (QED) is 0.588. The van der Waals surface area contributed by atoms with Crippen molar-refractivity contribution in [2.24, 2.45) is 5.92 Å². The van der Waals surface area contributed by atoms with E-state index in [2.05, 4.69) is 23.8 Å². The van der Waals surface area contributed by atoms with Crippen LogP contribution < -0.4 is 0 Å². The highest BCUT2D eigenvalue weighted by Gasteiger charge is 2.16. The minimum Gasteiger partial charge on any atom is -0.238 e. The van der Waals surface area contributed by atoms with Crippen molar-refractivity contribution >= 4 is 0 Å². The fourth-order valence-electron chi connectivity index (χ4n) is 2.26. The molecule has 0 amide bonds. The predicted molar refractivity (Wildman–Crippen MR) is 57.3 cm³/mol. The topological polar surface area (TPSA) is 25.8 Å². The molecule has 1 aliphatic carbocycles. The van der Waals surface area contributed by atoms with Gasteiger partial charge in [-0.2, -0.15) is 0 Å². The van der Waals surface area contributed by atoms with Crippen molar-refractivity contribution in [1.82, 2.24) is 9.97 Å². The van der Waals surface area contributed by atoms with Crippen LogP contribution in [0.25, 0.3) is 0 Å². The maximum absolute atomic E-state index is 4.56. The molecule has 1 heterocycles. The van der Waals surface area contributed by atoms with Crippen molar-refractivity contribution in [2.75, 3.05) is 0 Å². The van der Waals surface area contributed by atoms with E-state index in [0.29, 0.717) is 0 Å². The van der Waals surface area contributed by atoms with Crippen LogP contribution in [0.2, 0.25) is 0 Å². The zero-order valence-electron chi connectivity index (χ0n) is 9.30. The minimum absolute atomic E-state index is 0.837. The number of rotatable bonds is 0. The van der Waals surface area contributed by atoms with Crippen LogP contribution >= 0.6 is 0 Å². The molecule has 14 heavy (non-hydrogen) atoms. The summed E-state index contributed by atoms with van der Waals surface area (Å²) in [6.07, 6.45) is 4.88. The van der Waals surface area contributed by atoms with Gasteiger partial charge in [-0.1, -0.05) is 6.92 Å². The van der Waals surface area contributed by atoms with Crippen molar-refractivity contribution in [3.05, 3.63) is 22.8 Å². The number of aryl methyl sites for hydroxylation is 3. The van der Waals surface area contributed by atoms with Gasteiger partial charge in [-0.15, -0.1) is 0 Å². The van der Waals surface area contributed by atoms with Crippen LogP contribution in [-0.2, 0) is 12.8 Å². The Bertz CT molecular complexity index is 344. The highest BCUT2D eigenvalue weighted by atomic mass is 14.9. The van der Waals surface area contributed by atoms with E-state index >= 15 is 0 Å². The summed E-state index contributed by atoms with van der Waals surface area (Å²) in [5.41, 5.74) is 3.92. The molecule has 0 fully saturated rings. The van der Waals surface area contributed by atoms with Gasteiger partial charge < -0.3 is 0 Å². The number of hydrogen-bond donors (Lipinski definition) is 0. The van der Waals surface area contributed by atoms with Crippen molar-refractivity contribution in [1.29, 1.82) is 0 Å². The van der Waals surface area contributed by atoms with Gasteiger partial charge in [-0.25, -0.2) is 9.97 Å². The molecular weight excluding hydrogens is 172 g/mol. The summed E-state index contributed by atoms with van der Waals surface area (Å²) in [7, 11) is 0. The third-order valence-corrected chi connectivity index (χ3v) is 3.17. The zero-order chi connectivity index (χ0) is 10.1. The predicted octanol–water partition coefficient (Wildman–Crippen LogP) is 2.61. The van der Waals surface area contributed by atoms with Crippen LogP contribution in [0, 0.1) is 19.8 Å². The Morgan fingerprint density at radius 2 is 1.79 bits per heavy atom. The van der Waals surface area contributed by atoms with Crippen LogP contribution in [-0.4, -0.2) is 9.97 Å². The molecule has 1 aromatic rings. The lowest BCUT2D eigenvalue weighted by Crippen LogP contribution is -2.03. The van der Waals surface area contributed by atoms with Gasteiger partial charge in [0, 0.05) is 11.4 Å². The van der Waals surface area contributed by atoms with Crippen LogP contribution in [0.1, 0.15) is 42.5 Å². The average molecular weight is 190 g/mol. The molecule has 2 heteroatoms. The van der Waals surface area contributed by atoms with E-state index in [1.807, 2.05) is 6.92 Å². The Morgan fingerprint density at radius 1 is 1.07 bits per heavy atom. The average Bonchev–Trinajstić information content (AvgIpc) is 2.28. The lowest BCUT2D eigenvalue weighted by molar-refractivity contribution is 0.508. The Kier molecular flexibility index (Phi) is 2.53. The molecule has 2 nitrogen and oxygen atoms in total. The number of aromatic nitrogens is 2. The van der Waals surface area contributed by atoms with Gasteiger partial charge >= 0.3 is 0 Å². The summed E-state index contributed by atoms with van der Waals surface area (Å²) in [6.45, 7) is 6.44. The van der Waals surface area contributed by atoms with E-state index in [1.165, 1.54) is 36.2 Å². The first-order valence-corrected chi connectivity index (χ1v) is 5.50. The molecular formula is C12H18N2. The van der Waals surface area contributed by atoms with Crippen LogP contribution in [0.15, 0.2) is 0 Å². The van der Waals surface area contributed by atoms with Crippen molar-refractivity contribution in [3.63, 3.8) is 0 Å². The first-order valence-electron chi connectivity index (χ1n) is 5.50. The van der Waals surface area contributed by atoms with Crippen LogP contribution in [0.4, 0.5) is 0 Å². The Hall–Kier alpha value is -0.920.